The Morgan fingerprint density at radius 1 is 1.06 bits per heavy atom. The van der Waals surface area contributed by atoms with Gasteiger partial charge in [-0.25, -0.2) is 9.59 Å². The third kappa shape index (κ3) is 4.14. The molecule has 0 atom stereocenters. The molecule has 0 aliphatic rings. The molecule has 7 nitrogen and oxygen atoms in total. The number of aromatic carboxylic acids is 2. The molecule has 0 saturated heterocycles. The summed E-state index contributed by atoms with van der Waals surface area (Å²) in [5.41, 5.74) is -1.26. The van der Waals surface area contributed by atoms with Crippen LogP contribution in [0, 0.1) is 0 Å². The second-order valence-electron chi connectivity index (χ2n) is 2.79. The third-order valence-electron chi connectivity index (χ3n) is 1.75. The molecule has 17 heavy (non-hydrogen) atoms. The smallest absolute Gasteiger partial charge is 1.00 e. The summed E-state index contributed by atoms with van der Waals surface area (Å²) in [6.07, 6.45) is 0. The van der Waals surface area contributed by atoms with Crippen LogP contribution in [0.15, 0.2) is 23.1 Å². The molecule has 1 aromatic rings. The number of carboxylic acids is 2. The fraction of sp³-hybridized carbons (Fsp3) is 0. The zero-order valence-electron chi connectivity index (χ0n) is 9.61. The minimum atomic E-state index is -4.56. The summed E-state index contributed by atoms with van der Waals surface area (Å²) in [6.45, 7) is 0. The first-order valence-electron chi connectivity index (χ1n) is 3.81. The van der Waals surface area contributed by atoms with Crippen molar-refractivity contribution in [2.75, 3.05) is 0 Å². The van der Waals surface area contributed by atoms with E-state index in [4.69, 9.17) is 14.8 Å². The van der Waals surface area contributed by atoms with Crippen LogP contribution < -0.4 is 51.4 Å². The standard InChI is InChI=1S/C8H6O7S.K.H/c9-7(10)5-2-1-4(16(13,14)15)3-6(5)8(11)12;;/h1-3H,(H,9,10)(H,11,12)(H,13,14,15);;/q;+1;-1. The molecule has 9 heteroatoms. The molecule has 1 rings (SSSR count). The molecule has 0 radical (unpaired) electrons. The average molecular weight is 286 g/mol. The van der Waals surface area contributed by atoms with Gasteiger partial charge in [0.25, 0.3) is 10.1 Å². The Balaban J connectivity index is 0. The van der Waals surface area contributed by atoms with Crippen LogP contribution in [0.3, 0.4) is 0 Å². The number of carboxylic acid groups (broad SMARTS) is 2. The Kier molecular flexibility index (Phi) is 5.94. The Bertz CT molecular complexity index is 569. The van der Waals surface area contributed by atoms with Crippen LogP contribution >= 0.6 is 0 Å². The van der Waals surface area contributed by atoms with Crippen LogP contribution in [0.5, 0.6) is 0 Å². The van der Waals surface area contributed by atoms with Crippen molar-refractivity contribution < 1.29 is 85.6 Å². The Labute approximate surface area is 140 Å². The number of hydrogen-bond donors (Lipinski definition) is 3. The first-order valence-corrected chi connectivity index (χ1v) is 5.25. The molecule has 0 heterocycles. The Morgan fingerprint density at radius 2 is 1.53 bits per heavy atom. The molecule has 1 aromatic carbocycles. The van der Waals surface area contributed by atoms with Gasteiger partial charge in [-0.1, -0.05) is 0 Å². The normalized spacial score (nSPS) is 10.4. The van der Waals surface area contributed by atoms with E-state index in [-0.39, 0.29) is 52.8 Å². The van der Waals surface area contributed by atoms with Crippen molar-refractivity contribution in [2.45, 2.75) is 4.90 Å². The predicted octanol–water partition coefficient (Wildman–Crippen LogP) is -2.55. The SMILES string of the molecule is O=C(O)c1ccc(S(=O)(=O)O)cc1C(=O)O.[H-].[K+]. The van der Waals surface area contributed by atoms with Gasteiger partial charge in [0.15, 0.2) is 0 Å². The van der Waals surface area contributed by atoms with Crippen LogP contribution in [0.4, 0.5) is 0 Å². The summed E-state index contributed by atoms with van der Waals surface area (Å²) < 4.78 is 30.1. The fourth-order valence-electron chi connectivity index (χ4n) is 1.05. The number of benzene rings is 1. The van der Waals surface area contributed by atoms with E-state index in [0.29, 0.717) is 6.07 Å². The maximum Gasteiger partial charge on any atom is 1.00 e. The number of hydrogen-bond acceptors (Lipinski definition) is 4. The van der Waals surface area contributed by atoms with Gasteiger partial charge < -0.3 is 11.6 Å². The summed E-state index contributed by atoms with van der Waals surface area (Å²) in [7, 11) is -4.56. The topological polar surface area (TPSA) is 129 Å². The van der Waals surface area contributed by atoms with E-state index in [9.17, 15) is 18.0 Å². The maximum atomic E-state index is 10.7. The monoisotopic (exact) mass is 286 g/mol. The van der Waals surface area contributed by atoms with Gasteiger partial charge in [0.1, 0.15) is 0 Å². The van der Waals surface area contributed by atoms with E-state index < -0.39 is 38.1 Å². The molecule has 0 bridgehead atoms. The predicted molar refractivity (Wildman–Crippen MR) is 51.3 cm³/mol. The van der Waals surface area contributed by atoms with E-state index in [1.807, 2.05) is 0 Å². The van der Waals surface area contributed by atoms with Crippen LogP contribution in [0.2, 0.25) is 0 Å². The van der Waals surface area contributed by atoms with Gasteiger partial charge in [-0.2, -0.15) is 8.42 Å². The molecule has 0 fully saturated rings. The van der Waals surface area contributed by atoms with Crippen molar-refractivity contribution in [3.05, 3.63) is 29.3 Å². The van der Waals surface area contributed by atoms with E-state index >= 15 is 0 Å². The minimum Gasteiger partial charge on any atom is -1.00 e. The van der Waals surface area contributed by atoms with Crippen molar-refractivity contribution in [3.8, 4) is 0 Å². The summed E-state index contributed by atoms with van der Waals surface area (Å²) in [5, 5.41) is 17.3. The van der Waals surface area contributed by atoms with Crippen LogP contribution in [0.1, 0.15) is 22.1 Å². The van der Waals surface area contributed by atoms with E-state index in [2.05, 4.69) is 0 Å². The molecule has 0 aliphatic carbocycles. The number of rotatable bonds is 3. The van der Waals surface area contributed by atoms with Gasteiger partial charge in [-0.05, 0) is 18.2 Å². The van der Waals surface area contributed by atoms with Crippen molar-refractivity contribution in [1.82, 2.24) is 0 Å². The van der Waals surface area contributed by atoms with Gasteiger partial charge in [0.05, 0.1) is 16.0 Å². The Morgan fingerprint density at radius 3 is 1.88 bits per heavy atom. The maximum absolute atomic E-state index is 10.7. The zero-order chi connectivity index (χ0) is 12.5. The number of carbonyl (C=O) groups is 2. The third-order valence-corrected chi connectivity index (χ3v) is 2.60. The quantitative estimate of drug-likeness (QED) is 0.412. The zero-order valence-corrected chi connectivity index (χ0v) is 12.6. The van der Waals surface area contributed by atoms with Crippen molar-refractivity contribution in [1.29, 1.82) is 0 Å². The van der Waals surface area contributed by atoms with Gasteiger partial charge in [-0.3, -0.25) is 4.55 Å². The van der Waals surface area contributed by atoms with Crippen molar-refractivity contribution >= 4 is 22.1 Å². The molecule has 88 valence electrons. The van der Waals surface area contributed by atoms with Gasteiger partial charge >= 0.3 is 63.3 Å². The second kappa shape index (κ2) is 6.04. The molecule has 0 aliphatic heterocycles. The van der Waals surface area contributed by atoms with Gasteiger partial charge in [-0.15, -0.1) is 0 Å². The summed E-state index contributed by atoms with van der Waals surface area (Å²) in [6, 6.07) is 2.20. The molecule has 0 saturated carbocycles. The molecular weight excluding hydrogens is 279 g/mol. The van der Waals surface area contributed by atoms with E-state index in [0.717, 1.165) is 12.1 Å². The molecule has 0 spiro atoms. The van der Waals surface area contributed by atoms with Crippen LogP contribution in [-0.2, 0) is 10.1 Å². The average Bonchev–Trinajstić information content (AvgIpc) is 2.15. The van der Waals surface area contributed by atoms with Gasteiger partial charge in [0.2, 0.25) is 0 Å². The summed E-state index contributed by atoms with van der Waals surface area (Å²) in [4.78, 5) is 20.6. The van der Waals surface area contributed by atoms with Crippen LogP contribution in [0.25, 0.3) is 0 Å². The second-order valence-corrected chi connectivity index (χ2v) is 4.21. The first-order chi connectivity index (χ1) is 7.23. The van der Waals surface area contributed by atoms with Gasteiger partial charge in [0, 0.05) is 0 Å². The van der Waals surface area contributed by atoms with E-state index in [1.54, 1.807) is 0 Å². The largest absolute Gasteiger partial charge is 1.00 e. The first kappa shape index (κ1) is 16.7. The molecule has 0 amide bonds. The van der Waals surface area contributed by atoms with Crippen molar-refractivity contribution in [3.63, 3.8) is 0 Å². The molecular formula is C8H7KO7S. The molecule has 0 aromatic heterocycles. The summed E-state index contributed by atoms with van der Waals surface area (Å²) >= 11 is 0. The Hall–Kier alpha value is -0.294. The van der Waals surface area contributed by atoms with Crippen LogP contribution in [-0.4, -0.2) is 35.1 Å². The molecule has 3 N–H and O–H groups in total. The molecule has 0 unspecified atom stereocenters. The fourth-order valence-corrected chi connectivity index (χ4v) is 1.55. The van der Waals surface area contributed by atoms with E-state index in [1.165, 1.54) is 0 Å². The minimum absolute atomic E-state index is 0. The summed E-state index contributed by atoms with van der Waals surface area (Å²) in [5.74, 6) is -3.10. The van der Waals surface area contributed by atoms with Crippen molar-refractivity contribution in [2.24, 2.45) is 0 Å².